The van der Waals surface area contributed by atoms with Crippen LogP contribution in [0.15, 0.2) is 0 Å². The van der Waals surface area contributed by atoms with Crippen LogP contribution in [0.25, 0.3) is 0 Å². The highest BCUT2D eigenvalue weighted by Crippen LogP contribution is 2.29. The van der Waals surface area contributed by atoms with Gasteiger partial charge in [0, 0.05) is 0 Å². The largest absolute Gasteiger partial charge is 0.0654 e. The molecule has 0 aliphatic rings. The third-order valence-corrected chi connectivity index (χ3v) is 4.32. The molecule has 16 heavy (non-hydrogen) atoms. The Kier molecular flexibility index (Phi) is 10.2. The molecule has 0 aromatic carbocycles. The summed E-state index contributed by atoms with van der Waals surface area (Å²) in [5.41, 5.74) is 0. The summed E-state index contributed by atoms with van der Waals surface area (Å²) in [6, 6.07) is 0. The summed E-state index contributed by atoms with van der Waals surface area (Å²) in [4.78, 5) is 0. The zero-order chi connectivity index (χ0) is 12.4. The van der Waals surface area contributed by atoms with Crippen molar-refractivity contribution >= 4 is 0 Å². The Morgan fingerprint density at radius 2 is 1.25 bits per heavy atom. The fraction of sp³-hybridized carbons (Fsp3) is 1.00. The molecule has 0 amide bonds. The normalized spacial score (nSPS) is 15.4. The van der Waals surface area contributed by atoms with Crippen LogP contribution in [0, 0.1) is 17.8 Å². The van der Waals surface area contributed by atoms with Crippen LogP contribution in [0.5, 0.6) is 0 Å². The van der Waals surface area contributed by atoms with E-state index in [-0.39, 0.29) is 0 Å². The average molecular weight is 226 g/mol. The van der Waals surface area contributed by atoms with Gasteiger partial charge in [-0.05, 0) is 24.2 Å². The minimum absolute atomic E-state index is 0.948. The summed E-state index contributed by atoms with van der Waals surface area (Å²) in [6.07, 6.45) is 11.3. The van der Waals surface area contributed by atoms with E-state index >= 15 is 0 Å². The van der Waals surface area contributed by atoms with Crippen molar-refractivity contribution in [1.82, 2.24) is 0 Å². The van der Waals surface area contributed by atoms with Crippen molar-refractivity contribution in [2.45, 2.75) is 86.0 Å². The molecule has 0 heterocycles. The number of hydrogen-bond donors (Lipinski definition) is 0. The fourth-order valence-electron chi connectivity index (χ4n) is 2.92. The topological polar surface area (TPSA) is 0 Å². The van der Waals surface area contributed by atoms with Crippen molar-refractivity contribution in [2.24, 2.45) is 17.8 Å². The first-order valence-corrected chi connectivity index (χ1v) is 7.69. The van der Waals surface area contributed by atoms with E-state index in [2.05, 4.69) is 34.6 Å². The zero-order valence-corrected chi connectivity index (χ0v) is 12.4. The van der Waals surface area contributed by atoms with E-state index in [1.54, 1.807) is 0 Å². The molecule has 0 fully saturated rings. The van der Waals surface area contributed by atoms with E-state index in [1.165, 1.54) is 51.4 Å². The van der Waals surface area contributed by atoms with E-state index in [0.29, 0.717) is 0 Å². The number of hydrogen-bond acceptors (Lipinski definition) is 0. The lowest BCUT2D eigenvalue weighted by atomic mass is 9.81. The van der Waals surface area contributed by atoms with Crippen molar-refractivity contribution in [3.63, 3.8) is 0 Å². The van der Waals surface area contributed by atoms with Gasteiger partial charge in [0.2, 0.25) is 0 Å². The lowest BCUT2D eigenvalue weighted by molar-refractivity contribution is 0.263. The van der Waals surface area contributed by atoms with Crippen molar-refractivity contribution in [3.05, 3.63) is 0 Å². The second-order valence-corrected chi connectivity index (χ2v) is 5.57. The highest BCUT2D eigenvalue weighted by Gasteiger charge is 2.17. The van der Waals surface area contributed by atoms with E-state index in [1.807, 2.05) is 0 Å². The van der Waals surface area contributed by atoms with Gasteiger partial charge in [-0.3, -0.25) is 0 Å². The molecule has 0 spiro atoms. The molecule has 0 heteroatoms. The van der Waals surface area contributed by atoms with Gasteiger partial charge in [0.1, 0.15) is 0 Å². The molecular formula is C16H34. The molecule has 0 saturated carbocycles. The molecular weight excluding hydrogens is 192 g/mol. The van der Waals surface area contributed by atoms with E-state index in [0.717, 1.165) is 17.8 Å². The van der Waals surface area contributed by atoms with Gasteiger partial charge in [0.05, 0.1) is 0 Å². The van der Waals surface area contributed by atoms with Crippen molar-refractivity contribution in [2.75, 3.05) is 0 Å². The first-order valence-electron chi connectivity index (χ1n) is 7.69. The minimum atomic E-state index is 0.948. The smallest absolute Gasteiger partial charge is 0.0389 e. The third kappa shape index (κ3) is 6.55. The fourth-order valence-corrected chi connectivity index (χ4v) is 2.92. The SMILES string of the molecule is CCCCC(C)CCC(CC)C(CC)CC. The maximum atomic E-state index is 2.44. The monoisotopic (exact) mass is 226 g/mol. The predicted octanol–water partition coefficient (Wildman–Crippen LogP) is 6.06. The zero-order valence-electron chi connectivity index (χ0n) is 12.4. The maximum absolute atomic E-state index is 2.44. The Morgan fingerprint density at radius 3 is 1.69 bits per heavy atom. The van der Waals surface area contributed by atoms with E-state index in [9.17, 15) is 0 Å². The molecule has 0 saturated heterocycles. The Labute approximate surface area is 104 Å². The van der Waals surface area contributed by atoms with Crippen LogP contribution >= 0.6 is 0 Å². The highest BCUT2D eigenvalue weighted by atomic mass is 14.2. The third-order valence-electron chi connectivity index (χ3n) is 4.32. The van der Waals surface area contributed by atoms with Crippen molar-refractivity contribution in [3.8, 4) is 0 Å². The average Bonchev–Trinajstić information content (AvgIpc) is 2.31. The molecule has 0 aromatic rings. The van der Waals surface area contributed by atoms with Gasteiger partial charge in [-0.15, -0.1) is 0 Å². The van der Waals surface area contributed by atoms with Gasteiger partial charge in [0.25, 0.3) is 0 Å². The first-order chi connectivity index (χ1) is 7.69. The molecule has 2 unspecified atom stereocenters. The maximum Gasteiger partial charge on any atom is -0.0389 e. The lowest BCUT2D eigenvalue weighted by Gasteiger charge is -2.25. The Balaban J connectivity index is 3.84. The molecule has 0 nitrogen and oxygen atoms in total. The summed E-state index contributed by atoms with van der Waals surface area (Å²) in [5, 5.41) is 0. The highest BCUT2D eigenvalue weighted by molar-refractivity contribution is 4.68. The molecule has 0 bridgehead atoms. The second kappa shape index (κ2) is 10.2. The molecule has 0 rings (SSSR count). The summed E-state index contributed by atoms with van der Waals surface area (Å²) < 4.78 is 0. The standard InChI is InChI=1S/C16H34/c1-6-10-11-14(5)12-13-16(9-4)15(7-2)8-3/h14-16H,6-13H2,1-5H3. The second-order valence-electron chi connectivity index (χ2n) is 5.57. The molecule has 0 radical (unpaired) electrons. The summed E-state index contributed by atoms with van der Waals surface area (Å²) in [7, 11) is 0. The number of rotatable bonds is 10. The predicted molar refractivity (Wildman–Crippen MR) is 75.8 cm³/mol. The van der Waals surface area contributed by atoms with Crippen LogP contribution in [0.1, 0.15) is 86.0 Å². The van der Waals surface area contributed by atoms with Crippen molar-refractivity contribution in [1.29, 1.82) is 0 Å². The first kappa shape index (κ1) is 16.0. The summed E-state index contributed by atoms with van der Waals surface area (Å²) in [6.45, 7) is 11.8. The quantitative estimate of drug-likeness (QED) is 0.425. The van der Waals surface area contributed by atoms with Gasteiger partial charge >= 0.3 is 0 Å². The van der Waals surface area contributed by atoms with Gasteiger partial charge in [-0.1, -0.05) is 79.6 Å². The molecule has 0 aliphatic heterocycles. The van der Waals surface area contributed by atoms with Crippen LogP contribution in [0.3, 0.4) is 0 Å². The van der Waals surface area contributed by atoms with Gasteiger partial charge in [-0.25, -0.2) is 0 Å². The Bertz CT molecular complexity index is 135. The van der Waals surface area contributed by atoms with E-state index in [4.69, 9.17) is 0 Å². The number of unbranched alkanes of at least 4 members (excludes halogenated alkanes) is 1. The molecule has 2 atom stereocenters. The molecule has 0 aromatic heterocycles. The van der Waals surface area contributed by atoms with Crippen LogP contribution in [0.4, 0.5) is 0 Å². The summed E-state index contributed by atoms with van der Waals surface area (Å²) >= 11 is 0. The minimum Gasteiger partial charge on any atom is -0.0654 e. The molecule has 0 aliphatic carbocycles. The van der Waals surface area contributed by atoms with Crippen LogP contribution in [-0.4, -0.2) is 0 Å². The summed E-state index contributed by atoms with van der Waals surface area (Å²) in [5.74, 6) is 2.91. The van der Waals surface area contributed by atoms with Crippen LogP contribution < -0.4 is 0 Å². The van der Waals surface area contributed by atoms with E-state index < -0.39 is 0 Å². The van der Waals surface area contributed by atoms with Crippen LogP contribution in [-0.2, 0) is 0 Å². The van der Waals surface area contributed by atoms with Gasteiger partial charge < -0.3 is 0 Å². The molecule has 0 N–H and O–H groups in total. The van der Waals surface area contributed by atoms with Crippen molar-refractivity contribution < 1.29 is 0 Å². The van der Waals surface area contributed by atoms with Crippen LogP contribution in [0.2, 0.25) is 0 Å². The lowest BCUT2D eigenvalue weighted by Crippen LogP contribution is -2.14. The Morgan fingerprint density at radius 1 is 0.688 bits per heavy atom. The molecule has 98 valence electrons. The van der Waals surface area contributed by atoms with Gasteiger partial charge in [-0.2, -0.15) is 0 Å². The van der Waals surface area contributed by atoms with Gasteiger partial charge in [0.15, 0.2) is 0 Å². The Hall–Kier alpha value is 0.